The molecule has 7 heteroatoms. The van der Waals surface area contributed by atoms with Crippen LogP contribution in [0.2, 0.25) is 0 Å². The average Bonchev–Trinajstić information content (AvgIpc) is 3.32. The van der Waals surface area contributed by atoms with Gasteiger partial charge in [0.25, 0.3) is 5.56 Å². The molecule has 0 bridgehead atoms. The van der Waals surface area contributed by atoms with E-state index in [0.29, 0.717) is 23.7 Å². The van der Waals surface area contributed by atoms with Crippen LogP contribution in [0, 0.1) is 0 Å². The molecule has 0 amide bonds. The van der Waals surface area contributed by atoms with Crippen molar-refractivity contribution in [2.24, 2.45) is 0 Å². The lowest BCUT2D eigenvalue weighted by atomic mass is 10.1. The van der Waals surface area contributed by atoms with Crippen LogP contribution < -0.4 is 10.3 Å². The zero-order valence-corrected chi connectivity index (χ0v) is 14.6. The second-order valence-electron chi connectivity index (χ2n) is 6.23. The van der Waals surface area contributed by atoms with Gasteiger partial charge >= 0.3 is 0 Å². The molecular weight excluding hydrogens is 330 g/mol. The van der Waals surface area contributed by atoms with Crippen molar-refractivity contribution in [2.45, 2.75) is 19.5 Å². The number of methoxy groups -OCH3 is 1. The number of nitrogens with one attached hydrogen (secondary N) is 1. The molecule has 4 rings (SSSR count). The van der Waals surface area contributed by atoms with Crippen LogP contribution in [-0.4, -0.2) is 31.2 Å². The van der Waals surface area contributed by atoms with Crippen molar-refractivity contribution < 1.29 is 4.74 Å². The molecular formula is C19H19N5O2. The quantitative estimate of drug-likeness (QED) is 0.601. The molecule has 0 radical (unpaired) electrons. The van der Waals surface area contributed by atoms with Crippen molar-refractivity contribution in [2.75, 3.05) is 7.11 Å². The van der Waals surface area contributed by atoms with Gasteiger partial charge in [-0.25, -0.2) is 9.97 Å². The Morgan fingerprint density at radius 3 is 2.88 bits per heavy atom. The predicted molar refractivity (Wildman–Crippen MR) is 99.3 cm³/mol. The Morgan fingerprint density at radius 1 is 1.23 bits per heavy atom. The van der Waals surface area contributed by atoms with Crippen LogP contribution >= 0.6 is 0 Å². The lowest BCUT2D eigenvalue weighted by molar-refractivity contribution is 0.415. The van der Waals surface area contributed by atoms with Crippen molar-refractivity contribution in [1.29, 1.82) is 0 Å². The molecule has 0 fully saturated rings. The van der Waals surface area contributed by atoms with E-state index < -0.39 is 0 Å². The maximum Gasteiger partial charge on any atom is 0.259 e. The second-order valence-corrected chi connectivity index (χ2v) is 6.23. The highest BCUT2D eigenvalue weighted by Crippen LogP contribution is 2.23. The molecule has 1 N–H and O–H groups in total. The number of ether oxygens (including phenoxy) is 1. The van der Waals surface area contributed by atoms with Crippen molar-refractivity contribution in [1.82, 2.24) is 24.1 Å². The Labute approximate surface area is 149 Å². The highest BCUT2D eigenvalue weighted by Gasteiger charge is 2.14. The van der Waals surface area contributed by atoms with Gasteiger partial charge in [-0.1, -0.05) is 0 Å². The molecule has 1 aromatic carbocycles. The molecule has 0 aliphatic heterocycles. The summed E-state index contributed by atoms with van der Waals surface area (Å²) in [5.41, 5.74) is 1.11. The minimum atomic E-state index is -0.173. The topological polar surface area (TPSA) is 77.7 Å². The van der Waals surface area contributed by atoms with Crippen molar-refractivity contribution in [3.63, 3.8) is 0 Å². The Kier molecular flexibility index (Phi) is 4.04. The van der Waals surface area contributed by atoms with Gasteiger partial charge in [0.1, 0.15) is 11.6 Å². The molecule has 3 heterocycles. The predicted octanol–water partition coefficient (Wildman–Crippen LogP) is 2.86. The van der Waals surface area contributed by atoms with E-state index in [1.54, 1.807) is 25.8 Å². The van der Waals surface area contributed by atoms with Gasteiger partial charge in [-0.15, -0.1) is 0 Å². The fourth-order valence-corrected chi connectivity index (χ4v) is 3.08. The van der Waals surface area contributed by atoms with Gasteiger partial charge in [-0.05, 0) is 30.5 Å². The number of aromatic amines is 1. The van der Waals surface area contributed by atoms with E-state index in [1.807, 2.05) is 45.8 Å². The van der Waals surface area contributed by atoms with E-state index in [4.69, 9.17) is 4.74 Å². The number of nitrogens with zero attached hydrogens (tertiary/aromatic N) is 4. The normalized spacial score (nSPS) is 12.4. The Bertz CT molecular complexity index is 1090. The lowest BCUT2D eigenvalue weighted by Crippen LogP contribution is -2.15. The van der Waals surface area contributed by atoms with E-state index in [-0.39, 0.29) is 11.6 Å². The number of aromatic nitrogens is 5. The molecule has 0 aliphatic rings. The van der Waals surface area contributed by atoms with Gasteiger partial charge in [0.2, 0.25) is 0 Å². The number of H-pyrrole nitrogens is 1. The first kappa shape index (κ1) is 16.1. The summed E-state index contributed by atoms with van der Waals surface area (Å²) in [6.45, 7) is 2.79. The molecule has 0 saturated heterocycles. The SMILES string of the molecule is COc1ccc2cc(-c3nccn3CC(C)n3ccnc3)c(=O)[nH]c2c1. The minimum absolute atomic E-state index is 0.173. The number of fused-ring (bicyclic) bond motifs is 1. The summed E-state index contributed by atoms with van der Waals surface area (Å²) in [6, 6.07) is 7.67. The monoisotopic (exact) mass is 349 g/mol. The fraction of sp³-hybridized carbons (Fsp3) is 0.211. The number of hydrogen-bond donors (Lipinski definition) is 1. The van der Waals surface area contributed by atoms with Crippen LogP contribution in [0.15, 0.2) is 60.2 Å². The van der Waals surface area contributed by atoms with Crippen LogP contribution in [0.3, 0.4) is 0 Å². The number of pyridine rings is 1. The number of benzene rings is 1. The van der Waals surface area contributed by atoms with E-state index >= 15 is 0 Å². The van der Waals surface area contributed by atoms with Gasteiger partial charge in [-0.2, -0.15) is 0 Å². The highest BCUT2D eigenvalue weighted by molar-refractivity contribution is 5.83. The fourth-order valence-electron chi connectivity index (χ4n) is 3.08. The second kappa shape index (κ2) is 6.51. The number of rotatable bonds is 5. The summed E-state index contributed by atoms with van der Waals surface area (Å²) < 4.78 is 9.24. The Hall–Kier alpha value is -3.35. The molecule has 4 aromatic rings. The zero-order valence-electron chi connectivity index (χ0n) is 14.6. The molecule has 0 spiro atoms. The molecule has 1 unspecified atom stereocenters. The summed E-state index contributed by atoms with van der Waals surface area (Å²) in [7, 11) is 1.60. The van der Waals surface area contributed by atoms with Gasteiger partial charge in [0, 0.05) is 43.4 Å². The van der Waals surface area contributed by atoms with Crippen LogP contribution in [0.1, 0.15) is 13.0 Å². The summed E-state index contributed by atoms with van der Waals surface area (Å²) >= 11 is 0. The standard InChI is InChI=1S/C19H19N5O2/c1-13(24-7-5-20-12-24)11-23-8-6-21-18(23)16-9-14-3-4-15(26-2)10-17(14)22-19(16)25/h3-10,12-13H,11H2,1-2H3,(H,22,25). The van der Waals surface area contributed by atoms with Crippen molar-refractivity contribution >= 4 is 10.9 Å². The summed E-state index contributed by atoms with van der Waals surface area (Å²) in [6.07, 6.45) is 9.08. The molecule has 132 valence electrons. The van der Waals surface area contributed by atoms with Gasteiger partial charge in [-0.3, -0.25) is 4.79 Å². The van der Waals surface area contributed by atoms with Crippen LogP contribution in [0.4, 0.5) is 0 Å². The van der Waals surface area contributed by atoms with Gasteiger partial charge in [0.15, 0.2) is 0 Å². The number of imidazole rings is 2. The first-order valence-corrected chi connectivity index (χ1v) is 8.35. The molecule has 26 heavy (non-hydrogen) atoms. The minimum Gasteiger partial charge on any atom is -0.497 e. The third-order valence-corrected chi connectivity index (χ3v) is 4.50. The first-order valence-electron chi connectivity index (χ1n) is 8.35. The largest absolute Gasteiger partial charge is 0.497 e. The third-order valence-electron chi connectivity index (χ3n) is 4.50. The summed E-state index contributed by atoms with van der Waals surface area (Å²) in [4.78, 5) is 24.1. The van der Waals surface area contributed by atoms with Crippen molar-refractivity contribution in [3.05, 3.63) is 65.7 Å². The lowest BCUT2D eigenvalue weighted by Gasteiger charge is -2.15. The van der Waals surface area contributed by atoms with E-state index in [2.05, 4.69) is 21.9 Å². The van der Waals surface area contributed by atoms with E-state index in [0.717, 1.165) is 10.9 Å². The van der Waals surface area contributed by atoms with Crippen LogP contribution in [0.5, 0.6) is 5.75 Å². The van der Waals surface area contributed by atoms with Gasteiger partial charge < -0.3 is 18.9 Å². The maximum absolute atomic E-state index is 12.6. The van der Waals surface area contributed by atoms with Gasteiger partial charge in [0.05, 0.1) is 24.5 Å². The third kappa shape index (κ3) is 2.88. The first-order chi connectivity index (χ1) is 12.7. The molecule has 3 aromatic heterocycles. The molecule has 1 atom stereocenters. The van der Waals surface area contributed by atoms with Crippen LogP contribution in [0.25, 0.3) is 22.3 Å². The van der Waals surface area contributed by atoms with Crippen LogP contribution in [-0.2, 0) is 6.54 Å². The Balaban J connectivity index is 1.73. The highest BCUT2D eigenvalue weighted by atomic mass is 16.5. The molecule has 0 aliphatic carbocycles. The van der Waals surface area contributed by atoms with E-state index in [1.165, 1.54) is 0 Å². The number of hydrogen-bond acceptors (Lipinski definition) is 4. The average molecular weight is 349 g/mol. The van der Waals surface area contributed by atoms with Crippen molar-refractivity contribution in [3.8, 4) is 17.1 Å². The zero-order chi connectivity index (χ0) is 18.1. The summed E-state index contributed by atoms with van der Waals surface area (Å²) in [5.74, 6) is 1.35. The maximum atomic E-state index is 12.6. The molecule has 0 saturated carbocycles. The molecule has 7 nitrogen and oxygen atoms in total. The Morgan fingerprint density at radius 2 is 2.12 bits per heavy atom. The smallest absolute Gasteiger partial charge is 0.259 e. The van der Waals surface area contributed by atoms with E-state index in [9.17, 15) is 4.79 Å². The summed E-state index contributed by atoms with van der Waals surface area (Å²) in [5, 5.41) is 0.928.